The Balaban J connectivity index is 2.66. The molecule has 0 fully saturated rings. The summed E-state index contributed by atoms with van der Waals surface area (Å²) in [5.41, 5.74) is 6.39. The molecule has 78 valence electrons. The van der Waals surface area contributed by atoms with Gasteiger partial charge in [0, 0.05) is 5.39 Å². The Kier molecular flexibility index (Phi) is 2.69. The molecule has 1 aromatic heterocycles. The minimum absolute atomic E-state index is 0.0296. The van der Waals surface area contributed by atoms with Crippen LogP contribution >= 0.6 is 23.2 Å². The molecular formula is C10H8Cl2N2O. The molecule has 1 heterocycles. The maximum atomic E-state index is 11.3. The number of hydrogen-bond donors (Lipinski definition) is 2. The first-order valence-electron chi connectivity index (χ1n) is 4.33. The largest absolute Gasteiger partial charge is 0.351 e. The summed E-state index contributed by atoms with van der Waals surface area (Å²) in [6, 6.07) is 5.21. The Bertz CT molecular complexity index is 533. The van der Waals surface area contributed by atoms with Gasteiger partial charge in [0.15, 0.2) is 5.78 Å². The van der Waals surface area contributed by atoms with Gasteiger partial charge in [0.1, 0.15) is 0 Å². The minimum atomic E-state index is -0.154. The number of aromatic amines is 1. The molecule has 0 saturated heterocycles. The Morgan fingerprint density at radius 2 is 2.13 bits per heavy atom. The second-order valence-electron chi connectivity index (χ2n) is 3.14. The van der Waals surface area contributed by atoms with E-state index in [9.17, 15) is 4.79 Å². The van der Waals surface area contributed by atoms with Gasteiger partial charge < -0.3 is 10.7 Å². The highest BCUT2D eigenvalue weighted by atomic mass is 35.5. The molecule has 0 amide bonds. The number of benzene rings is 1. The van der Waals surface area contributed by atoms with Gasteiger partial charge in [0.05, 0.1) is 27.8 Å². The lowest BCUT2D eigenvalue weighted by molar-refractivity contribution is 0.0997. The van der Waals surface area contributed by atoms with Crippen LogP contribution in [-0.4, -0.2) is 17.3 Å². The molecule has 2 aromatic rings. The Morgan fingerprint density at radius 3 is 2.80 bits per heavy atom. The number of halogens is 2. The van der Waals surface area contributed by atoms with Gasteiger partial charge in [-0.25, -0.2) is 0 Å². The van der Waals surface area contributed by atoms with Crippen molar-refractivity contribution in [1.29, 1.82) is 0 Å². The predicted molar refractivity (Wildman–Crippen MR) is 61.7 cm³/mol. The van der Waals surface area contributed by atoms with Crippen molar-refractivity contribution in [3.05, 3.63) is 33.9 Å². The van der Waals surface area contributed by atoms with E-state index < -0.39 is 0 Å². The number of ketones is 1. The van der Waals surface area contributed by atoms with Crippen molar-refractivity contribution in [2.24, 2.45) is 5.73 Å². The molecule has 0 aliphatic carbocycles. The molecule has 2 rings (SSSR count). The van der Waals surface area contributed by atoms with Crippen LogP contribution in [0.5, 0.6) is 0 Å². The van der Waals surface area contributed by atoms with Crippen molar-refractivity contribution >= 4 is 39.9 Å². The molecule has 3 nitrogen and oxygen atoms in total. The van der Waals surface area contributed by atoms with Gasteiger partial charge in [-0.2, -0.15) is 0 Å². The van der Waals surface area contributed by atoms with Crippen LogP contribution in [0.1, 0.15) is 10.5 Å². The Hall–Kier alpha value is -1.03. The molecule has 3 N–H and O–H groups in total. The number of H-pyrrole nitrogens is 1. The Labute approximate surface area is 96.2 Å². The molecule has 0 saturated carbocycles. The smallest absolute Gasteiger partial charge is 0.192 e. The zero-order valence-electron chi connectivity index (χ0n) is 7.68. The lowest BCUT2D eigenvalue weighted by atomic mass is 10.2. The summed E-state index contributed by atoms with van der Waals surface area (Å²) in [6.07, 6.45) is 0. The summed E-state index contributed by atoms with van der Waals surface area (Å²) in [4.78, 5) is 14.3. The van der Waals surface area contributed by atoms with Gasteiger partial charge >= 0.3 is 0 Å². The van der Waals surface area contributed by atoms with Crippen LogP contribution in [0.4, 0.5) is 0 Å². The van der Waals surface area contributed by atoms with Crippen molar-refractivity contribution in [2.45, 2.75) is 0 Å². The lowest BCUT2D eigenvalue weighted by Gasteiger charge is -1.96. The van der Waals surface area contributed by atoms with Gasteiger partial charge in [-0.05, 0) is 12.1 Å². The average Bonchev–Trinajstić information content (AvgIpc) is 2.67. The number of carbonyl (C=O) groups is 1. The summed E-state index contributed by atoms with van der Waals surface area (Å²) >= 11 is 11.8. The van der Waals surface area contributed by atoms with Gasteiger partial charge in [-0.1, -0.05) is 29.3 Å². The van der Waals surface area contributed by atoms with Crippen molar-refractivity contribution in [1.82, 2.24) is 4.98 Å². The molecule has 0 radical (unpaired) electrons. The number of nitrogens with two attached hydrogens (primary N) is 1. The van der Waals surface area contributed by atoms with E-state index in [2.05, 4.69) is 4.98 Å². The fourth-order valence-corrected chi connectivity index (χ4v) is 1.78. The molecule has 0 bridgehead atoms. The van der Waals surface area contributed by atoms with E-state index in [0.29, 0.717) is 21.3 Å². The first-order valence-corrected chi connectivity index (χ1v) is 5.09. The third-order valence-corrected chi connectivity index (χ3v) is 2.98. The van der Waals surface area contributed by atoms with Crippen molar-refractivity contribution < 1.29 is 4.79 Å². The topological polar surface area (TPSA) is 58.9 Å². The van der Waals surface area contributed by atoms with Crippen LogP contribution in [0.3, 0.4) is 0 Å². The summed E-state index contributed by atoms with van der Waals surface area (Å²) in [6.45, 7) is -0.0296. The average molecular weight is 243 g/mol. The normalized spacial score (nSPS) is 10.9. The molecule has 5 heteroatoms. The lowest BCUT2D eigenvalue weighted by Crippen LogP contribution is -2.13. The van der Waals surface area contributed by atoms with Crippen molar-refractivity contribution in [2.75, 3.05) is 6.54 Å². The van der Waals surface area contributed by atoms with Crippen LogP contribution in [-0.2, 0) is 0 Å². The second-order valence-corrected chi connectivity index (χ2v) is 3.92. The standard InChI is InChI=1S/C10H8Cl2N2O/c11-6-2-1-5-3-7(8(15)4-13)14-10(5)9(6)12/h1-3,14H,4,13H2. The minimum Gasteiger partial charge on any atom is -0.351 e. The number of aromatic nitrogens is 1. The molecule has 1 aromatic carbocycles. The van der Waals surface area contributed by atoms with Crippen LogP contribution in [0.15, 0.2) is 18.2 Å². The van der Waals surface area contributed by atoms with E-state index in [1.165, 1.54) is 0 Å². The fourth-order valence-electron chi connectivity index (χ4n) is 1.40. The van der Waals surface area contributed by atoms with Crippen LogP contribution in [0.2, 0.25) is 10.0 Å². The summed E-state index contributed by atoms with van der Waals surface area (Å²) < 4.78 is 0. The van der Waals surface area contributed by atoms with Gasteiger partial charge in [0.2, 0.25) is 0 Å². The number of hydrogen-bond acceptors (Lipinski definition) is 2. The van der Waals surface area contributed by atoms with E-state index >= 15 is 0 Å². The molecule has 0 aliphatic rings. The number of fused-ring (bicyclic) bond motifs is 1. The predicted octanol–water partition coefficient (Wildman–Crippen LogP) is 2.62. The zero-order valence-corrected chi connectivity index (χ0v) is 9.19. The van der Waals surface area contributed by atoms with Gasteiger partial charge in [-0.3, -0.25) is 4.79 Å². The maximum Gasteiger partial charge on any atom is 0.192 e. The van der Waals surface area contributed by atoms with Crippen molar-refractivity contribution in [3.63, 3.8) is 0 Å². The highest BCUT2D eigenvalue weighted by Gasteiger charge is 2.11. The second kappa shape index (κ2) is 3.85. The van der Waals surface area contributed by atoms with Gasteiger partial charge in [0.25, 0.3) is 0 Å². The maximum absolute atomic E-state index is 11.3. The van der Waals surface area contributed by atoms with E-state index in [1.54, 1.807) is 18.2 Å². The molecular weight excluding hydrogens is 235 g/mol. The number of Topliss-reactive ketones (excluding diaryl/α,β-unsaturated/α-hetero) is 1. The molecule has 0 atom stereocenters. The molecule has 0 aliphatic heterocycles. The quantitative estimate of drug-likeness (QED) is 0.796. The SMILES string of the molecule is NCC(=O)c1cc2ccc(Cl)c(Cl)c2[nH]1. The summed E-state index contributed by atoms with van der Waals surface area (Å²) in [5.74, 6) is -0.154. The highest BCUT2D eigenvalue weighted by Crippen LogP contribution is 2.30. The van der Waals surface area contributed by atoms with E-state index in [0.717, 1.165) is 5.39 Å². The number of nitrogens with one attached hydrogen (secondary N) is 1. The highest BCUT2D eigenvalue weighted by molar-refractivity contribution is 6.45. The molecule has 15 heavy (non-hydrogen) atoms. The molecule has 0 spiro atoms. The number of rotatable bonds is 2. The fraction of sp³-hybridized carbons (Fsp3) is 0.100. The van der Waals surface area contributed by atoms with E-state index in [1.807, 2.05) is 0 Å². The van der Waals surface area contributed by atoms with Crippen LogP contribution < -0.4 is 5.73 Å². The molecule has 0 unspecified atom stereocenters. The first-order chi connectivity index (χ1) is 7.13. The van der Waals surface area contributed by atoms with Crippen molar-refractivity contribution in [3.8, 4) is 0 Å². The first kappa shape index (κ1) is 10.5. The monoisotopic (exact) mass is 242 g/mol. The summed E-state index contributed by atoms with van der Waals surface area (Å²) in [7, 11) is 0. The van der Waals surface area contributed by atoms with Crippen LogP contribution in [0, 0.1) is 0 Å². The van der Waals surface area contributed by atoms with E-state index in [4.69, 9.17) is 28.9 Å². The van der Waals surface area contributed by atoms with Crippen LogP contribution in [0.25, 0.3) is 10.9 Å². The summed E-state index contributed by atoms with van der Waals surface area (Å²) in [5, 5.41) is 1.73. The zero-order chi connectivity index (χ0) is 11.0. The third kappa shape index (κ3) is 1.74. The van der Waals surface area contributed by atoms with E-state index in [-0.39, 0.29) is 12.3 Å². The van der Waals surface area contributed by atoms with Gasteiger partial charge in [-0.15, -0.1) is 0 Å². The third-order valence-electron chi connectivity index (χ3n) is 2.17. The number of carbonyl (C=O) groups excluding carboxylic acids is 1. The Morgan fingerprint density at radius 1 is 1.40 bits per heavy atom.